The highest BCUT2D eigenvalue weighted by atomic mass is 32.2. The Morgan fingerprint density at radius 3 is 2.73 bits per heavy atom. The number of imidazole rings is 1. The number of nitrogens with zero attached hydrogens (tertiary/aromatic N) is 3. The zero-order valence-electron chi connectivity index (χ0n) is 13.5. The van der Waals surface area contributed by atoms with Gasteiger partial charge in [-0.25, -0.2) is 4.98 Å². The van der Waals surface area contributed by atoms with Gasteiger partial charge in [0, 0.05) is 13.1 Å². The summed E-state index contributed by atoms with van der Waals surface area (Å²) < 4.78 is 2.10. The zero-order chi connectivity index (χ0) is 15.9. The van der Waals surface area contributed by atoms with E-state index in [9.17, 15) is 4.79 Å². The summed E-state index contributed by atoms with van der Waals surface area (Å²) in [5.74, 6) is 1.08. The molecule has 0 spiro atoms. The maximum absolute atomic E-state index is 11.9. The Kier molecular flexibility index (Phi) is 6.27. The first kappa shape index (κ1) is 16.8. The summed E-state index contributed by atoms with van der Waals surface area (Å²) in [6, 6.07) is 8.01. The average molecular weight is 320 g/mol. The van der Waals surface area contributed by atoms with Gasteiger partial charge in [0.05, 0.1) is 16.8 Å². The molecule has 22 heavy (non-hydrogen) atoms. The monoisotopic (exact) mass is 320 g/mol. The van der Waals surface area contributed by atoms with E-state index in [-0.39, 0.29) is 5.91 Å². The molecule has 0 saturated carbocycles. The standard InChI is InChI=1S/C16H24N4OS/c1-4-19(5-2)10-11-20-14-9-7-6-8-13(14)17-16(20)18-15(21)12-22-3/h6-9H,4-5,10-12H2,1-3H3,(H,17,18,21). The van der Waals surface area contributed by atoms with Crippen LogP contribution in [0.3, 0.4) is 0 Å². The Morgan fingerprint density at radius 1 is 1.32 bits per heavy atom. The summed E-state index contributed by atoms with van der Waals surface area (Å²) in [5, 5.41) is 2.93. The lowest BCUT2D eigenvalue weighted by atomic mass is 10.3. The maximum Gasteiger partial charge on any atom is 0.236 e. The number of rotatable bonds is 8. The first-order valence-corrected chi connectivity index (χ1v) is 9.05. The third-order valence-electron chi connectivity index (χ3n) is 3.72. The van der Waals surface area contributed by atoms with Crippen LogP contribution < -0.4 is 5.32 Å². The van der Waals surface area contributed by atoms with Gasteiger partial charge in [0.25, 0.3) is 0 Å². The number of carbonyl (C=O) groups is 1. The molecule has 1 N–H and O–H groups in total. The van der Waals surface area contributed by atoms with Crippen molar-refractivity contribution in [1.29, 1.82) is 0 Å². The molecule has 5 nitrogen and oxygen atoms in total. The molecule has 0 radical (unpaired) electrons. The van der Waals surface area contributed by atoms with E-state index in [2.05, 4.69) is 39.7 Å². The average Bonchev–Trinajstić information content (AvgIpc) is 2.86. The van der Waals surface area contributed by atoms with Crippen LogP contribution in [-0.2, 0) is 11.3 Å². The predicted octanol–water partition coefficient (Wildman–Crippen LogP) is 2.68. The quantitative estimate of drug-likeness (QED) is 0.812. The van der Waals surface area contributed by atoms with Crippen LogP contribution in [0, 0.1) is 0 Å². The molecule has 0 atom stereocenters. The largest absolute Gasteiger partial charge is 0.309 e. The Hall–Kier alpha value is -1.53. The lowest BCUT2D eigenvalue weighted by Crippen LogP contribution is -2.28. The van der Waals surface area contributed by atoms with E-state index in [0.717, 1.165) is 37.2 Å². The predicted molar refractivity (Wildman–Crippen MR) is 94.5 cm³/mol. The van der Waals surface area contributed by atoms with Crippen molar-refractivity contribution in [3.63, 3.8) is 0 Å². The van der Waals surface area contributed by atoms with Crippen LogP contribution in [0.15, 0.2) is 24.3 Å². The van der Waals surface area contributed by atoms with Gasteiger partial charge in [-0.1, -0.05) is 26.0 Å². The normalized spacial score (nSPS) is 11.3. The zero-order valence-corrected chi connectivity index (χ0v) is 14.3. The molecule has 6 heteroatoms. The van der Waals surface area contributed by atoms with Gasteiger partial charge < -0.3 is 9.47 Å². The molecule has 0 saturated heterocycles. The van der Waals surface area contributed by atoms with Gasteiger partial charge in [-0.2, -0.15) is 11.8 Å². The summed E-state index contributed by atoms with van der Waals surface area (Å²) in [5.41, 5.74) is 1.98. The van der Waals surface area contributed by atoms with Crippen molar-refractivity contribution in [3.05, 3.63) is 24.3 Å². The van der Waals surface area contributed by atoms with Crippen LogP contribution in [0.5, 0.6) is 0 Å². The number of carbonyl (C=O) groups excluding carboxylic acids is 1. The molecule has 2 rings (SSSR count). The number of hydrogen-bond donors (Lipinski definition) is 1. The third-order valence-corrected chi connectivity index (χ3v) is 4.27. The van der Waals surface area contributed by atoms with Gasteiger partial charge in [0.1, 0.15) is 0 Å². The van der Waals surface area contributed by atoms with Crippen LogP contribution in [0.25, 0.3) is 11.0 Å². The van der Waals surface area contributed by atoms with Crippen molar-refractivity contribution in [1.82, 2.24) is 14.5 Å². The van der Waals surface area contributed by atoms with Crippen LogP contribution in [0.4, 0.5) is 5.95 Å². The minimum Gasteiger partial charge on any atom is -0.309 e. The second-order valence-corrected chi connectivity index (χ2v) is 5.95. The van der Waals surface area contributed by atoms with Gasteiger partial charge in [-0.3, -0.25) is 10.1 Å². The first-order valence-electron chi connectivity index (χ1n) is 7.66. The van der Waals surface area contributed by atoms with Crippen molar-refractivity contribution < 1.29 is 4.79 Å². The Bertz CT molecular complexity index is 622. The SMILES string of the molecule is CCN(CC)CCn1c(NC(=O)CSC)nc2ccccc21. The van der Waals surface area contributed by atoms with Crippen molar-refractivity contribution >= 4 is 34.7 Å². The summed E-state index contributed by atoms with van der Waals surface area (Å²) >= 11 is 1.51. The first-order chi connectivity index (χ1) is 10.7. The number of nitrogens with one attached hydrogen (secondary N) is 1. The van der Waals surface area contributed by atoms with Crippen LogP contribution in [0.2, 0.25) is 0 Å². The number of thioether (sulfide) groups is 1. The van der Waals surface area contributed by atoms with Crippen LogP contribution >= 0.6 is 11.8 Å². The number of benzene rings is 1. The highest BCUT2D eigenvalue weighted by Gasteiger charge is 2.13. The summed E-state index contributed by atoms with van der Waals surface area (Å²) in [6.45, 7) is 8.14. The maximum atomic E-state index is 11.9. The molecule has 0 aliphatic rings. The van der Waals surface area contributed by atoms with E-state index < -0.39 is 0 Å². The molecule has 0 unspecified atom stereocenters. The minimum atomic E-state index is -0.00750. The van der Waals surface area contributed by atoms with Gasteiger partial charge >= 0.3 is 0 Å². The highest BCUT2D eigenvalue weighted by Crippen LogP contribution is 2.19. The summed E-state index contributed by atoms with van der Waals surface area (Å²) in [6.07, 6.45) is 1.92. The molecule has 2 aromatic rings. The fraction of sp³-hybridized carbons (Fsp3) is 0.500. The van der Waals surface area contributed by atoms with Gasteiger partial charge in [0.15, 0.2) is 0 Å². The minimum absolute atomic E-state index is 0.00750. The van der Waals surface area contributed by atoms with E-state index in [1.807, 2.05) is 24.5 Å². The van der Waals surface area contributed by atoms with Crippen molar-refractivity contribution in [2.45, 2.75) is 20.4 Å². The van der Waals surface area contributed by atoms with Gasteiger partial charge in [-0.15, -0.1) is 0 Å². The Labute approximate surface area is 136 Å². The number of hydrogen-bond acceptors (Lipinski definition) is 4. The van der Waals surface area contributed by atoms with E-state index in [0.29, 0.717) is 11.7 Å². The van der Waals surface area contributed by atoms with E-state index in [4.69, 9.17) is 0 Å². The Morgan fingerprint density at radius 2 is 2.05 bits per heavy atom. The van der Waals surface area contributed by atoms with E-state index in [1.54, 1.807) is 0 Å². The highest BCUT2D eigenvalue weighted by molar-refractivity contribution is 7.99. The number of aromatic nitrogens is 2. The molecule has 0 bridgehead atoms. The van der Waals surface area contributed by atoms with E-state index >= 15 is 0 Å². The summed E-state index contributed by atoms with van der Waals surface area (Å²) in [4.78, 5) is 18.8. The molecule has 120 valence electrons. The molecule has 0 fully saturated rings. The Balaban J connectivity index is 2.25. The van der Waals surface area contributed by atoms with Gasteiger partial charge in [-0.05, 0) is 31.5 Å². The van der Waals surface area contributed by atoms with Crippen LogP contribution in [-0.4, -0.2) is 52.0 Å². The van der Waals surface area contributed by atoms with E-state index in [1.165, 1.54) is 11.8 Å². The number of amides is 1. The topological polar surface area (TPSA) is 50.2 Å². The van der Waals surface area contributed by atoms with Crippen molar-refractivity contribution in [2.24, 2.45) is 0 Å². The summed E-state index contributed by atoms with van der Waals surface area (Å²) in [7, 11) is 0. The van der Waals surface area contributed by atoms with Gasteiger partial charge in [0.2, 0.25) is 11.9 Å². The van der Waals surface area contributed by atoms with Crippen molar-refractivity contribution in [2.75, 3.05) is 37.0 Å². The number of likely N-dealkylation sites (N-methyl/N-ethyl adjacent to an activating group) is 1. The molecular weight excluding hydrogens is 296 g/mol. The smallest absolute Gasteiger partial charge is 0.236 e. The fourth-order valence-electron chi connectivity index (χ4n) is 2.47. The second-order valence-electron chi connectivity index (χ2n) is 5.08. The molecule has 1 aromatic heterocycles. The third kappa shape index (κ3) is 4.01. The number of fused-ring (bicyclic) bond motifs is 1. The molecule has 1 heterocycles. The second kappa shape index (κ2) is 8.19. The molecule has 0 aliphatic heterocycles. The number of anilines is 1. The van der Waals surface area contributed by atoms with Crippen LogP contribution in [0.1, 0.15) is 13.8 Å². The molecular formula is C16H24N4OS. The molecule has 1 amide bonds. The fourth-order valence-corrected chi connectivity index (χ4v) is 2.80. The van der Waals surface area contributed by atoms with Crippen molar-refractivity contribution in [3.8, 4) is 0 Å². The lowest BCUT2D eigenvalue weighted by molar-refractivity contribution is -0.113. The molecule has 0 aliphatic carbocycles. The lowest BCUT2D eigenvalue weighted by Gasteiger charge is -2.19. The number of para-hydroxylation sites is 2. The molecule has 1 aromatic carbocycles.